The van der Waals surface area contributed by atoms with Crippen molar-refractivity contribution >= 4 is 10.9 Å². The summed E-state index contributed by atoms with van der Waals surface area (Å²) in [5.74, 6) is 1.27. The molecule has 5 aromatic rings. The summed E-state index contributed by atoms with van der Waals surface area (Å²) in [5.41, 5.74) is 4.35. The Morgan fingerprint density at radius 2 is 1.41 bits per heavy atom. The van der Waals surface area contributed by atoms with E-state index in [1.54, 1.807) is 24.3 Å². The summed E-state index contributed by atoms with van der Waals surface area (Å²) in [5, 5.41) is 31.7. The van der Waals surface area contributed by atoms with E-state index in [0.29, 0.717) is 13.1 Å². The maximum absolute atomic E-state index is 11.0. The molecular formula is C33H34N2O4. The number of aliphatic hydroxyl groups is 1. The van der Waals surface area contributed by atoms with E-state index in [1.165, 1.54) is 5.56 Å². The Morgan fingerprint density at radius 1 is 0.744 bits per heavy atom. The second kappa shape index (κ2) is 12.5. The standard InChI is InChI=1S/C33H34N2O4/c36-27-13-9-25(10-14-27)30(26-11-15-28(37)16-12-26)18-20-35(21-24-5-2-1-3-6-24)22-29(38)23-39-33-8-4-7-32-31(33)17-19-34-32/h1-17,19,29-30,34,36-38H,18,20-23H2. The number of nitrogens with one attached hydrogen (secondary N) is 1. The molecule has 4 aromatic carbocycles. The molecule has 0 saturated carbocycles. The molecule has 39 heavy (non-hydrogen) atoms. The number of ether oxygens (including phenoxy) is 1. The van der Waals surface area contributed by atoms with Gasteiger partial charge in [-0.2, -0.15) is 0 Å². The molecule has 0 aliphatic rings. The molecule has 0 aliphatic heterocycles. The quantitative estimate of drug-likeness (QED) is 0.160. The zero-order chi connectivity index (χ0) is 27.0. The van der Waals surface area contributed by atoms with Crippen LogP contribution in [0.1, 0.15) is 29.0 Å². The number of rotatable bonds is 12. The van der Waals surface area contributed by atoms with Gasteiger partial charge in [0.1, 0.15) is 30.0 Å². The molecule has 0 radical (unpaired) electrons. The van der Waals surface area contributed by atoms with Crippen LogP contribution in [0, 0.1) is 0 Å². The number of benzene rings is 4. The highest BCUT2D eigenvalue weighted by atomic mass is 16.5. The number of nitrogens with zero attached hydrogens (tertiary/aromatic N) is 1. The first-order chi connectivity index (χ1) is 19.0. The van der Waals surface area contributed by atoms with Gasteiger partial charge in [0.25, 0.3) is 0 Å². The van der Waals surface area contributed by atoms with Crippen LogP contribution in [0.5, 0.6) is 17.2 Å². The van der Waals surface area contributed by atoms with Gasteiger partial charge < -0.3 is 25.0 Å². The molecular weight excluding hydrogens is 488 g/mol. The fraction of sp³-hybridized carbons (Fsp3) is 0.212. The second-order valence-corrected chi connectivity index (χ2v) is 9.90. The Labute approximate surface area is 228 Å². The summed E-state index contributed by atoms with van der Waals surface area (Å²) in [7, 11) is 0. The lowest BCUT2D eigenvalue weighted by molar-refractivity contribution is 0.0653. The number of aliphatic hydroxyl groups excluding tert-OH is 1. The van der Waals surface area contributed by atoms with Gasteiger partial charge in [-0.3, -0.25) is 4.90 Å². The van der Waals surface area contributed by atoms with Crippen molar-refractivity contribution in [2.75, 3.05) is 19.7 Å². The van der Waals surface area contributed by atoms with Crippen molar-refractivity contribution in [3.8, 4) is 17.2 Å². The van der Waals surface area contributed by atoms with Crippen LogP contribution in [0.25, 0.3) is 10.9 Å². The summed E-state index contributed by atoms with van der Waals surface area (Å²) in [6.07, 6.45) is 2.00. The zero-order valence-corrected chi connectivity index (χ0v) is 21.8. The van der Waals surface area contributed by atoms with Crippen LogP contribution in [-0.4, -0.2) is 51.0 Å². The Bertz CT molecular complexity index is 1400. The van der Waals surface area contributed by atoms with Crippen molar-refractivity contribution in [2.45, 2.75) is 25.0 Å². The van der Waals surface area contributed by atoms with E-state index in [-0.39, 0.29) is 24.0 Å². The minimum Gasteiger partial charge on any atom is -0.508 e. The molecule has 0 spiro atoms. The fourth-order valence-electron chi connectivity index (χ4n) is 5.05. The highest BCUT2D eigenvalue weighted by Gasteiger charge is 2.19. The number of hydrogen-bond donors (Lipinski definition) is 4. The van der Waals surface area contributed by atoms with Crippen LogP contribution in [0.4, 0.5) is 0 Å². The van der Waals surface area contributed by atoms with Gasteiger partial charge in [-0.15, -0.1) is 0 Å². The molecule has 6 heteroatoms. The van der Waals surface area contributed by atoms with E-state index in [2.05, 4.69) is 22.0 Å². The first-order valence-corrected chi connectivity index (χ1v) is 13.3. The first-order valence-electron chi connectivity index (χ1n) is 13.3. The monoisotopic (exact) mass is 522 g/mol. The van der Waals surface area contributed by atoms with Crippen molar-refractivity contribution in [3.63, 3.8) is 0 Å². The number of H-pyrrole nitrogens is 1. The largest absolute Gasteiger partial charge is 0.508 e. The molecule has 0 aliphatic carbocycles. The molecule has 5 rings (SSSR count). The average molecular weight is 523 g/mol. The van der Waals surface area contributed by atoms with Crippen molar-refractivity contribution < 1.29 is 20.1 Å². The van der Waals surface area contributed by atoms with Gasteiger partial charge >= 0.3 is 0 Å². The maximum Gasteiger partial charge on any atom is 0.128 e. The molecule has 200 valence electrons. The third-order valence-corrected chi connectivity index (χ3v) is 7.03. The predicted molar refractivity (Wildman–Crippen MR) is 154 cm³/mol. The molecule has 4 N–H and O–H groups in total. The van der Waals surface area contributed by atoms with Crippen molar-refractivity contribution in [3.05, 3.63) is 126 Å². The first kappa shape index (κ1) is 26.4. The van der Waals surface area contributed by atoms with E-state index in [4.69, 9.17) is 4.74 Å². The molecule has 1 atom stereocenters. The topological polar surface area (TPSA) is 89.0 Å². The van der Waals surface area contributed by atoms with Crippen LogP contribution >= 0.6 is 0 Å². The number of aromatic nitrogens is 1. The van der Waals surface area contributed by atoms with Gasteiger partial charge in [0.05, 0.1) is 0 Å². The van der Waals surface area contributed by atoms with E-state index in [9.17, 15) is 15.3 Å². The van der Waals surface area contributed by atoms with Crippen molar-refractivity contribution in [2.24, 2.45) is 0 Å². The summed E-state index contributed by atoms with van der Waals surface area (Å²) in [6, 6.07) is 32.7. The minimum absolute atomic E-state index is 0.0593. The minimum atomic E-state index is -0.677. The highest BCUT2D eigenvalue weighted by Crippen LogP contribution is 2.31. The van der Waals surface area contributed by atoms with E-state index < -0.39 is 6.10 Å². The van der Waals surface area contributed by atoms with E-state index in [0.717, 1.165) is 40.7 Å². The van der Waals surface area contributed by atoms with E-state index >= 15 is 0 Å². The third kappa shape index (κ3) is 6.99. The fourth-order valence-corrected chi connectivity index (χ4v) is 5.05. The maximum atomic E-state index is 11.0. The third-order valence-electron chi connectivity index (χ3n) is 7.03. The van der Waals surface area contributed by atoms with Gasteiger partial charge in [0.15, 0.2) is 0 Å². The van der Waals surface area contributed by atoms with Gasteiger partial charge in [0, 0.05) is 36.1 Å². The van der Waals surface area contributed by atoms with Gasteiger partial charge in [0.2, 0.25) is 0 Å². The normalized spacial score (nSPS) is 12.3. The summed E-state index contributed by atoms with van der Waals surface area (Å²) >= 11 is 0. The number of phenolic OH excluding ortho intramolecular Hbond substituents is 2. The van der Waals surface area contributed by atoms with Crippen LogP contribution in [0.3, 0.4) is 0 Å². The number of aromatic hydroxyl groups is 2. The molecule has 1 aromatic heterocycles. The van der Waals surface area contributed by atoms with Gasteiger partial charge in [-0.25, -0.2) is 0 Å². The highest BCUT2D eigenvalue weighted by molar-refractivity contribution is 5.85. The number of hydrogen-bond acceptors (Lipinski definition) is 5. The Kier molecular flexibility index (Phi) is 8.46. The van der Waals surface area contributed by atoms with Crippen LogP contribution < -0.4 is 4.74 Å². The lowest BCUT2D eigenvalue weighted by Crippen LogP contribution is -2.36. The molecule has 1 heterocycles. The summed E-state index contributed by atoms with van der Waals surface area (Å²) in [6.45, 7) is 2.07. The number of fused-ring (bicyclic) bond motifs is 1. The van der Waals surface area contributed by atoms with Crippen LogP contribution in [0.2, 0.25) is 0 Å². The lowest BCUT2D eigenvalue weighted by atomic mass is 9.88. The number of phenols is 2. The molecule has 6 nitrogen and oxygen atoms in total. The van der Waals surface area contributed by atoms with Gasteiger partial charge in [-0.1, -0.05) is 60.7 Å². The van der Waals surface area contributed by atoms with Crippen LogP contribution in [-0.2, 0) is 6.54 Å². The number of aromatic amines is 1. The van der Waals surface area contributed by atoms with Crippen molar-refractivity contribution in [1.82, 2.24) is 9.88 Å². The Morgan fingerprint density at radius 3 is 2.08 bits per heavy atom. The smallest absolute Gasteiger partial charge is 0.128 e. The van der Waals surface area contributed by atoms with Crippen molar-refractivity contribution in [1.29, 1.82) is 0 Å². The summed E-state index contributed by atoms with van der Waals surface area (Å²) in [4.78, 5) is 5.45. The predicted octanol–water partition coefficient (Wildman–Crippen LogP) is 6.04. The summed E-state index contributed by atoms with van der Waals surface area (Å²) < 4.78 is 6.03. The molecule has 0 bridgehead atoms. The molecule has 0 amide bonds. The molecule has 0 saturated heterocycles. The Balaban J connectivity index is 1.30. The van der Waals surface area contributed by atoms with E-state index in [1.807, 2.05) is 72.9 Å². The van der Waals surface area contributed by atoms with Crippen LogP contribution in [0.15, 0.2) is 109 Å². The second-order valence-electron chi connectivity index (χ2n) is 9.90. The molecule has 0 fully saturated rings. The Hall–Kier alpha value is -4.26. The zero-order valence-electron chi connectivity index (χ0n) is 21.8. The average Bonchev–Trinajstić information content (AvgIpc) is 3.44. The molecule has 1 unspecified atom stereocenters. The SMILES string of the molecule is Oc1ccc(C(CCN(Cc2ccccc2)CC(O)COc2cccc3[nH]ccc23)c2ccc(O)cc2)cc1. The lowest BCUT2D eigenvalue weighted by Gasteiger charge is -2.28. The van der Waals surface area contributed by atoms with Gasteiger partial charge in [-0.05, 0) is 72.1 Å².